The van der Waals surface area contributed by atoms with E-state index in [1.54, 1.807) is 34.2 Å². The summed E-state index contributed by atoms with van der Waals surface area (Å²) < 4.78 is 17.8. The molecule has 13 heteroatoms. The van der Waals surface area contributed by atoms with Crippen molar-refractivity contribution in [1.29, 1.82) is 5.41 Å². The smallest absolute Gasteiger partial charge is 0.205 e. The van der Waals surface area contributed by atoms with Gasteiger partial charge in [0, 0.05) is 74.4 Å². The molecule has 7 rings (SSSR count). The summed E-state index contributed by atoms with van der Waals surface area (Å²) in [6.45, 7) is 5.43. The van der Waals surface area contributed by atoms with Crippen LogP contribution in [0.25, 0.3) is 22.0 Å². The van der Waals surface area contributed by atoms with Crippen molar-refractivity contribution in [3.05, 3.63) is 82.2 Å². The van der Waals surface area contributed by atoms with Crippen LogP contribution in [0.2, 0.25) is 10.0 Å². The molecule has 222 valence electrons. The van der Waals surface area contributed by atoms with Gasteiger partial charge in [-0.05, 0) is 24.2 Å². The van der Waals surface area contributed by atoms with Crippen LogP contribution in [0, 0.1) is 5.41 Å². The van der Waals surface area contributed by atoms with Crippen molar-refractivity contribution in [3.8, 4) is 11.1 Å². The SMILES string of the molecule is CN1CCN(Cc2ccc(-c3cc(Cl)c4cn(C(C(=N)Nc5ncc[nH]5)c5ncn6c5C[C@@H](F)C6)nc4c3Cl)cc2)CC1. The van der Waals surface area contributed by atoms with Crippen molar-refractivity contribution in [1.82, 2.24) is 39.1 Å². The molecule has 0 bridgehead atoms. The van der Waals surface area contributed by atoms with Crippen LogP contribution in [-0.4, -0.2) is 84.3 Å². The van der Waals surface area contributed by atoms with Gasteiger partial charge in [0.2, 0.25) is 5.95 Å². The fourth-order valence-corrected chi connectivity index (χ4v) is 6.51. The monoisotopic (exact) mass is 620 g/mol. The number of piperazine rings is 1. The van der Waals surface area contributed by atoms with Crippen LogP contribution >= 0.6 is 23.2 Å². The Labute approximate surface area is 257 Å². The van der Waals surface area contributed by atoms with E-state index in [0.29, 0.717) is 32.6 Å². The maximum atomic E-state index is 14.3. The summed E-state index contributed by atoms with van der Waals surface area (Å²) in [5.74, 6) is 0.468. The van der Waals surface area contributed by atoms with E-state index in [4.69, 9.17) is 33.7 Å². The molecule has 2 aromatic carbocycles. The Morgan fingerprint density at radius 2 is 1.95 bits per heavy atom. The molecule has 1 unspecified atom stereocenters. The summed E-state index contributed by atoms with van der Waals surface area (Å²) in [4.78, 5) is 16.5. The summed E-state index contributed by atoms with van der Waals surface area (Å²) in [6, 6.07) is 9.48. The Hall–Kier alpha value is -3.77. The number of H-pyrrole nitrogens is 1. The van der Waals surface area contributed by atoms with Gasteiger partial charge in [0.1, 0.15) is 17.5 Å². The van der Waals surface area contributed by atoms with Crippen molar-refractivity contribution >= 4 is 45.9 Å². The van der Waals surface area contributed by atoms with Crippen molar-refractivity contribution < 1.29 is 4.39 Å². The Balaban J connectivity index is 1.23. The minimum atomic E-state index is -0.999. The molecule has 3 N–H and O–H groups in total. The van der Waals surface area contributed by atoms with E-state index >= 15 is 0 Å². The van der Waals surface area contributed by atoms with Gasteiger partial charge in [-0.2, -0.15) is 5.10 Å². The number of halogens is 3. The molecule has 0 saturated carbocycles. The number of nitrogens with one attached hydrogen (secondary N) is 3. The number of nitrogens with zero attached hydrogens (tertiary/aromatic N) is 7. The van der Waals surface area contributed by atoms with E-state index in [0.717, 1.165) is 49.5 Å². The van der Waals surface area contributed by atoms with Crippen LogP contribution in [-0.2, 0) is 19.5 Å². The number of likely N-dealkylation sites (N-methyl/N-ethyl adjacent to an activating group) is 1. The number of hydrogen-bond donors (Lipinski definition) is 3. The van der Waals surface area contributed by atoms with E-state index in [2.05, 4.69) is 61.4 Å². The number of rotatable bonds is 7. The molecule has 3 aromatic heterocycles. The number of benzene rings is 2. The average Bonchev–Trinajstić information content (AvgIpc) is 3.79. The zero-order valence-corrected chi connectivity index (χ0v) is 25.1. The fourth-order valence-electron chi connectivity index (χ4n) is 5.96. The molecule has 0 spiro atoms. The van der Waals surface area contributed by atoms with Gasteiger partial charge in [-0.1, -0.05) is 47.5 Å². The summed E-state index contributed by atoms with van der Waals surface area (Å²) in [5.41, 5.74) is 4.75. The first-order chi connectivity index (χ1) is 20.8. The maximum Gasteiger partial charge on any atom is 0.205 e. The molecule has 2 aliphatic heterocycles. The van der Waals surface area contributed by atoms with E-state index < -0.39 is 12.2 Å². The second-order valence-electron chi connectivity index (χ2n) is 11.3. The van der Waals surface area contributed by atoms with Crippen LogP contribution in [0.5, 0.6) is 0 Å². The summed E-state index contributed by atoms with van der Waals surface area (Å²) >= 11 is 13.8. The third-order valence-corrected chi connectivity index (χ3v) is 9.00. The van der Waals surface area contributed by atoms with Gasteiger partial charge in [0.25, 0.3) is 0 Å². The highest BCUT2D eigenvalue weighted by molar-refractivity contribution is 6.42. The minimum absolute atomic E-state index is 0.0648. The number of aromatic nitrogens is 6. The van der Waals surface area contributed by atoms with Crippen LogP contribution in [0.1, 0.15) is 23.0 Å². The Kier molecular flexibility index (Phi) is 7.42. The van der Waals surface area contributed by atoms with Gasteiger partial charge in [0.05, 0.1) is 28.6 Å². The second kappa shape index (κ2) is 11.4. The molecule has 1 saturated heterocycles. The summed E-state index contributed by atoms with van der Waals surface area (Å²) in [7, 11) is 2.16. The standard InChI is InChI=1S/C30H31Cl2FN10/c1-40-8-10-41(11-9-40)14-18-2-4-19(5-3-18)21-13-23(31)22-16-43(39-26(22)25(21)32)28(29(34)38-30-35-6-7-36-30)27-24-12-20(33)15-42(24)17-37-27/h2-7,13,16-17,20,28H,8-12,14-15H2,1H3,(H3,34,35,36,38)/t20-,28?/m1/s1. The lowest BCUT2D eigenvalue weighted by atomic mass is 10.0. The van der Waals surface area contributed by atoms with E-state index in [1.807, 2.05) is 6.07 Å². The Bertz CT molecular complexity index is 1770. The summed E-state index contributed by atoms with van der Waals surface area (Å²) in [5, 5.41) is 18.4. The van der Waals surface area contributed by atoms with Crippen molar-refractivity contribution in [2.75, 3.05) is 38.5 Å². The van der Waals surface area contributed by atoms with Crippen LogP contribution in [0.15, 0.2) is 55.2 Å². The third-order valence-electron chi connectivity index (χ3n) is 8.31. The number of imidazole rings is 2. The molecule has 43 heavy (non-hydrogen) atoms. The largest absolute Gasteiger partial charge is 0.331 e. The zero-order chi connectivity index (χ0) is 29.7. The van der Waals surface area contributed by atoms with Crippen molar-refractivity contribution in [3.63, 3.8) is 0 Å². The normalized spacial score (nSPS) is 18.3. The number of hydrogen-bond acceptors (Lipinski definition) is 6. The van der Waals surface area contributed by atoms with Gasteiger partial charge in [-0.3, -0.25) is 15.0 Å². The second-order valence-corrected chi connectivity index (χ2v) is 12.1. The first-order valence-corrected chi connectivity index (χ1v) is 15.0. The lowest BCUT2D eigenvalue weighted by molar-refractivity contribution is 0.148. The fraction of sp³-hybridized carbons (Fsp3) is 0.333. The van der Waals surface area contributed by atoms with E-state index in [-0.39, 0.29) is 18.8 Å². The van der Waals surface area contributed by atoms with Crippen LogP contribution < -0.4 is 5.32 Å². The van der Waals surface area contributed by atoms with Crippen molar-refractivity contribution in [2.24, 2.45) is 0 Å². The predicted molar refractivity (Wildman–Crippen MR) is 167 cm³/mol. The molecule has 1 fully saturated rings. The number of anilines is 1. The highest BCUT2D eigenvalue weighted by atomic mass is 35.5. The molecule has 0 radical (unpaired) electrons. The van der Waals surface area contributed by atoms with E-state index in [9.17, 15) is 4.39 Å². The number of amidine groups is 1. The van der Waals surface area contributed by atoms with Gasteiger partial charge in [-0.25, -0.2) is 14.4 Å². The topological polar surface area (TPSA) is 107 Å². The van der Waals surface area contributed by atoms with Gasteiger partial charge >= 0.3 is 0 Å². The van der Waals surface area contributed by atoms with Crippen LogP contribution in [0.3, 0.4) is 0 Å². The van der Waals surface area contributed by atoms with Crippen molar-refractivity contribution in [2.45, 2.75) is 31.7 Å². The molecule has 2 aliphatic rings. The highest BCUT2D eigenvalue weighted by Crippen LogP contribution is 2.39. The highest BCUT2D eigenvalue weighted by Gasteiger charge is 2.33. The molecule has 0 aliphatic carbocycles. The Morgan fingerprint density at radius 3 is 2.70 bits per heavy atom. The zero-order valence-electron chi connectivity index (χ0n) is 23.6. The average molecular weight is 622 g/mol. The lowest BCUT2D eigenvalue weighted by Gasteiger charge is -2.32. The number of alkyl halides is 1. The molecule has 5 aromatic rings. The third kappa shape index (κ3) is 5.42. The number of fused-ring (bicyclic) bond motifs is 2. The molecule has 0 amide bonds. The first kappa shape index (κ1) is 28.0. The summed E-state index contributed by atoms with van der Waals surface area (Å²) in [6.07, 6.45) is 5.86. The lowest BCUT2D eigenvalue weighted by Crippen LogP contribution is -2.43. The molecule has 5 heterocycles. The molecule has 10 nitrogen and oxygen atoms in total. The maximum absolute atomic E-state index is 14.3. The van der Waals surface area contributed by atoms with Crippen LogP contribution in [0.4, 0.5) is 10.3 Å². The van der Waals surface area contributed by atoms with Gasteiger partial charge in [-0.15, -0.1) is 0 Å². The molecule has 2 atom stereocenters. The Morgan fingerprint density at radius 1 is 1.16 bits per heavy atom. The molecular formula is C30H31Cl2FN10. The predicted octanol–water partition coefficient (Wildman–Crippen LogP) is 5.25. The first-order valence-electron chi connectivity index (χ1n) is 14.2. The quantitative estimate of drug-likeness (QED) is 0.169. The number of aromatic amines is 1. The van der Waals surface area contributed by atoms with Gasteiger partial charge in [0.15, 0.2) is 6.04 Å². The van der Waals surface area contributed by atoms with E-state index in [1.165, 1.54) is 5.56 Å². The molecular weight excluding hydrogens is 590 g/mol. The van der Waals surface area contributed by atoms with Gasteiger partial charge < -0.3 is 19.8 Å². The minimum Gasteiger partial charge on any atom is -0.331 e.